The maximum Gasteiger partial charge on any atom is 0.245 e. The zero-order valence-corrected chi connectivity index (χ0v) is 38.6. The monoisotopic (exact) mass is 878 g/mol. The van der Waals surface area contributed by atoms with Crippen molar-refractivity contribution in [2.24, 2.45) is 11.8 Å². The number of nitrogens with one attached hydrogen (secondary N) is 4. The molecule has 0 spiro atoms. The number of amides is 7. The molecule has 0 bridgehead atoms. The molecule has 2 saturated heterocycles. The lowest BCUT2D eigenvalue weighted by molar-refractivity contribution is -0.149. The van der Waals surface area contributed by atoms with Gasteiger partial charge in [0.25, 0.3) is 0 Å². The van der Waals surface area contributed by atoms with E-state index in [4.69, 9.17) is 0 Å². The van der Waals surface area contributed by atoms with E-state index >= 15 is 0 Å². The standard InChI is InChI=1S/C50H67N7O7/c1-32(2)27-38-47(62)57-26-18-25-40(57)48(63)56(8)41(28-33(3)4)45(60)54-50(5,6)49(64)53-39(30-35-21-14-10-15-22-35)46(61)55(7)42(31-36-23-16-11-17-24-36)44(59)51-37(43(58)52-38)29-34-19-12-9-13-20-34/h9-17,19-24,32-33,37-42H,18,25-31H2,1-8H3,(H,51,59)(H,52,58)(H,53,64)(H,54,60). The summed E-state index contributed by atoms with van der Waals surface area (Å²) in [5.41, 5.74) is 0.682. The molecule has 14 nitrogen and oxygen atoms in total. The maximum absolute atomic E-state index is 14.9. The summed E-state index contributed by atoms with van der Waals surface area (Å²) in [6.45, 7) is 11.1. The van der Waals surface area contributed by atoms with Crippen LogP contribution in [0.5, 0.6) is 0 Å². The van der Waals surface area contributed by atoms with Crippen molar-refractivity contribution in [1.82, 2.24) is 36.0 Å². The summed E-state index contributed by atoms with van der Waals surface area (Å²) in [5.74, 6) is -3.93. The molecular formula is C50H67N7O7. The number of benzene rings is 3. The first-order valence-electron chi connectivity index (χ1n) is 22.6. The molecule has 3 aromatic carbocycles. The van der Waals surface area contributed by atoms with Crippen LogP contribution in [-0.4, -0.2) is 118 Å². The van der Waals surface area contributed by atoms with Crippen LogP contribution in [0.4, 0.5) is 0 Å². The van der Waals surface area contributed by atoms with E-state index in [1.165, 1.54) is 35.6 Å². The Bertz CT molecular complexity index is 2100. The first-order valence-corrected chi connectivity index (χ1v) is 22.6. The predicted octanol–water partition coefficient (Wildman–Crippen LogP) is 3.81. The van der Waals surface area contributed by atoms with Gasteiger partial charge in [-0.05, 0) is 68.1 Å². The molecule has 3 aromatic rings. The summed E-state index contributed by atoms with van der Waals surface area (Å²) in [7, 11) is 3.04. The van der Waals surface area contributed by atoms with E-state index < -0.39 is 83.1 Å². The minimum absolute atomic E-state index is 0.0308. The molecule has 6 atom stereocenters. The van der Waals surface area contributed by atoms with Gasteiger partial charge >= 0.3 is 0 Å². The number of fused-ring (bicyclic) bond motifs is 1. The van der Waals surface area contributed by atoms with E-state index in [1.54, 1.807) is 7.05 Å². The van der Waals surface area contributed by atoms with Crippen molar-refractivity contribution in [2.45, 2.75) is 128 Å². The van der Waals surface area contributed by atoms with E-state index in [9.17, 15) is 33.6 Å². The van der Waals surface area contributed by atoms with Gasteiger partial charge < -0.3 is 36.0 Å². The molecule has 4 N–H and O–H groups in total. The minimum Gasteiger partial charge on any atom is -0.342 e. The molecule has 7 amide bonds. The minimum atomic E-state index is -1.57. The Labute approximate surface area is 378 Å². The van der Waals surface area contributed by atoms with Crippen LogP contribution in [0, 0.1) is 11.8 Å². The second-order valence-electron chi connectivity index (χ2n) is 18.7. The summed E-state index contributed by atoms with van der Waals surface area (Å²) in [6.07, 6.45) is 1.65. The van der Waals surface area contributed by atoms with Crippen molar-refractivity contribution in [3.05, 3.63) is 108 Å². The third-order valence-corrected chi connectivity index (χ3v) is 12.1. The molecule has 0 aromatic heterocycles. The van der Waals surface area contributed by atoms with E-state index in [0.29, 0.717) is 12.8 Å². The van der Waals surface area contributed by atoms with Crippen LogP contribution in [0.2, 0.25) is 0 Å². The molecule has 2 fully saturated rings. The number of likely N-dealkylation sites (N-methyl/N-ethyl adjacent to an activating group) is 2. The smallest absolute Gasteiger partial charge is 0.245 e. The fraction of sp³-hybridized carbons (Fsp3) is 0.500. The van der Waals surface area contributed by atoms with Crippen molar-refractivity contribution in [1.29, 1.82) is 0 Å². The second-order valence-corrected chi connectivity index (χ2v) is 18.7. The summed E-state index contributed by atoms with van der Waals surface area (Å²) in [5, 5.41) is 11.7. The first-order chi connectivity index (χ1) is 30.4. The molecule has 0 saturated carbocycles. The Hall–Kier alpha value is -6.05. The van der Waals surface area contributed by atoms with Crippen LogP contribution in [0.3, 0.4) is 0 Å². The number of carbonyl (C=O) groups excluding carboxylic acids is 7. The average molecular weight is 878 g/mol. The van der Waals surface area contributed by atoms with E-state index in [-0.39, 0.29) is 50.5 Å². The second kappa shape index (κ2) is 22.0. The molecule has 344 valence electrons. The van der Waals surface area contributed by atoms with Crippen molar-refractivity contribution in [2.75, 3.05) is 20.6 Å². The van der Waals surface area contributed by atoms with Crippen molar-refractivity contribution >= 4 is 41.4 Å². The Kier molecular flexibility index (Phi) is 16.9. The highest BCUT2D eigenvalue weighted by molar-refractivity contribution is 5.99. The number of hydrogen-bond donors (Lipinski definition) is 4. The molecule has 64 heavy (non-hydrogen) atoms. The number of nitrogens with zero attached hydrogens (tertiary/aromatic N) is 3. The third kappa shape index (κ3) is 12.8. The summed E-state index contributed by atoms with van der Waals surface area (Å²) >= 11 is 0. The van der Waals surface area contributed by atoms with E-state index in [1.807, 2.05) is 119 Å². The van der Waals surface area contributed by atoms with E-state index in [0.717, 1.165) is 16.7 Å². The van der Waals surface area contributed by atoms with Gasteiger partial charge in [-0.2, -0.15) is 0 Å². The largest absolute Gasteiger partial charge is 0.342 e. The fourth-order valence-electron chi connectivity index (χ4n) is 8.53. The van der Waals surface area contributed by atoms with Gasteiger partial charge in [-0.1, -0.05) is 119 Å². The SMILES string of the molecule is CC(C)CC1NC(=O)C(Cc2ccccc2)NC(=O)C(Cc2ccccc2)N(C)C(=O)C(Cc2ccccc2)NC(=O)C(C)(C)NC(=O)C(CC(C)C)N(C)C(=O)C2CCCN2C1=O. The first kappa shape index (κ1) is 49.0. The molecule has 2 aliphatic rings. The quantitative estimate of drug-likeness (QED) is 0.240. The van der Waals surface area contributed by atoms with Crippen LogP contribution in [0.25, 0.3) is 0 Å². The van der Waals surface area contributed by atoms with Crippen LogP contribution < -0.4 is 21.3 Å². The van der Waals surface area contributed by atoms with Gasteiger partial charge in [-0.15, -0.1) is 0 Å². The fourth-order valence-corrected chi connectivity index (χ4v) is 8.53. The number of hydrogen-bond acceptors (Lipinski definition) is 7. The van der Waals surface area contributed by atoms with Gasteiger partial charge in [-0.25, -0.2) is 0 Å². The average Bonchev–Trinajstić information content (AvgIpc) is 3.76. The zero-order valence-electron chi connectivity index (χ0n) is 38.6. The molecule has 2 aliphatic heterocycles. The molecular weight excluding hydrogens is 811 g/mol. The molecule has 6 unspecified atom stereocenters. The highest BCUT2D eigenvalue weighted by Gasteiger charge is 2.44. The topological polar surface area (TPSA) is 177 Å². The van der Waals surface area contributed by atoms with E-state index in [2.05, 4.69) is 21.3 Å². The Balaban J connectivity index is 1.64. The molecule has 0 radical (unpaired) electrons. The Morgan fingerprint density at radius 2 is 1.03 bits per heavy atom. The lowest BCUT2D eigenvalue weighted by Gasteiger charge is -2.36. The Morgan fingerprint density at radius 1 is 0.547 bits per heavy atom. The Morgan fingerprint density at radius 3 is 1.56 bits per heavy atom. The van der Waals surface area contributed by atoms with Gasteiger partial charge in [0.15, 0.2) is 0 Å². The van der Waals surface area contributed by atoms with Gasteiger partial charge in [0.05, 0.1) is 0 Å². The molecule has 2 heterocycles. The van der Waals surface area contributed by atoms with Gasteiger partial charge in [-0.3, -0.25) is 33.6 Å². The summed E-state index contributed by atoms with van der Waals surface area (Å²) in [6, 6.07) is 21.1. The van der Waals surface area contributed by atoms with Gasteiger partial charge in [0, 0.05) is 39.9 Å². The van der Waals surface area contributed by atoms with Crippen molar-refractivity contribution < 1.29 is 33.6 Å². The zero-order chi connectivity index (χ0) is 46.7. The third-order valence-electron chi connectivity index (χ3n) is 12.1. The van der Waals surface area contributed by atoms with Crippen LogP contribution >= 0.6 is 0 Å². The van der Waals surface area contributed by atoms with Crippen LogP contribution in [-0.2, 0) is 52.8 Å². The lowest BCUT2D eigenvalue weighted by atomic mass is 9.97. The summed E-state index contributed by atoms with van der Waals surface area (Å²) < 4.78 is 0. The molecule has 14 heteroatoms. The molecule has 5 rings (SSSR count). The normalized spacial score (nSPS) is 24.5. The van der Waals surface area contributed by atoms with Gasteiger partial charge in [0.2, 0.25) is 41.4 Å². The van der Waals surface area contributed by atoms with Crippen molar-refractivity contribution in [3.63, 3.8) is 0 Å². The molecule has 0 aliphatic carbocycles. The van der Waals surface area contributed by atoms with Crippen molar-refractivity contribution in [3.8, 4) is 0 Å². The van der Waals surface area contributed by atoms with Crippen LogP contribution in [0.1, 0.15) is 83.9 Å². The van der Waals surface area contributed by atoms with Crippen LogP contribution in [0.15, 0.2) is 91.0 Å². The predicted molar refractivity (Wildman–Crippen MR) is 245 cm³/mol. The highest BCUT2D eigenvalue weighted by atomic mass is 16.2. The summed E-state index contributed by atoms with van der Waals surface area (Å²) in [4.78, 5) is 106. The lowest BCUT2D eigenvalue weighted by Crippen LogP contribution is -2.63. The van der Waals surface area contributed by atoms with Gasteiger partial charge in [0.1, 0.15) is 41.8 Å². The number of carbonyl (C=O) groups is 7. The highest BCUT2D eigenvalue weighted by Crippen LogP contribution is 2.25. The maximum atomic E-state index is 14.9. The number of rotatable bonds is 10.